The van der Waals surface area contributed by atoms with Crippen LogP contribution in [0.15, 0.2) is 24.3 Å². The summed E-state index contributed by atoms with van der Waals surface area (Å²) in [7, 11) is -2.82. The number of rotatable bonds is 4. The molecular formula is C18H24F3NO2S. The molecule has 0 aliphatic carbocycles. The lowest BCUT2D eigenvalue weighted by molar-refractivity contribution is -0.137. The van der Waals surface area contributed by atoms with Crippen LogP contribution >= 0.6 is 0 Å². The molecule has 7 heteroatoms. The lowest BCUT2D eigenvalue weighted by atomic mass is 9.74. The fourth-order valence-electron chi connectivity index (χ4n) is 4.06. The van der Waals surface area contributed by atoms with E-state index in [9.17, 15) is 21.6 Å². The van der Waals surface area contributed by atoms with Crippen LogP contribution in [0.3, 0.4) is 0 Å². The van der Waals surface area contributed by atoms with Gasteiger partial charge in [-0.2, -0.15) is 13.2 Å². The van der Waals surface area contributed by atoms with Crippen LogP contribution < -0.4 is 0 Å². The number of halogens is 3. The summed E-state index contributed by atoms with van der Waals surface area (Å²) in [6, 6.07) is 5.40. The Morgan fingerprint density at radius 1 is 1.12 bits per heavy atom. The Morgan fingerprint density at radius 2 is 1.68 bits per heavy atom. The van der Waals surface area contributed by atoms with Crippen molar-refractivity contribution in [2.75, 3.05) is 31.1 Å². The molecule has 2 heterocycles. The highest BCUT2D eigenvalue weighted by atomic mass is 32.2. The van der Waals surface area contributed by atoms with E-state index in [1.54, 1.807) is 12.1 Å². The van der Waals surface area contributed by atoms with Crippen LogP contribution in [0, 0.1) is 11.3 Å². The van der Waals surface area contributed by atoms with Gasteiger partial charge in [0.25, 0.3) is 0 Å². The Hall–Kier alpha value is -1.08. The highest BCUT2D eigenvalue weighted by molar-refractivity contribution is 7.91. The molecule has 2 saturated heterocycles. The molecule has 1 aromatic carbocycles. The molecule has 3 rings (SSSR count). The quantitative estimate of drug-likeness (QED) is 0.810. The summed E-state index contributed by atoms with van der Waals surface area (Å²) >= 11 is 0. The number of sulfone groups is 1. The molecule has 0 N–H and O–H groups in total. The van der Waals surface area contributed by atoms with E-state index >= 15 is 0 Å². The van der Waals surface area contributed by atoms with Gasteiger partial charge >= 0.3 is 6.18 Å². The Bertz CT molecular complexity index is 691. The lowest BCUT2D eigenvalue weighted by Crippen LogP contribution is -2.59. The minimum absolute atomic E-state index is 0.180. The number of benzene rings is 1. The van der Waals surface area contributed by atoms with Gasteiger partial charge in [-0.1, -0.05) is 19.1 Å². The van der Waals surface area contributed by atoms with E-state index in [1.165, 1.54) is 0 Å². The maximum Gasteiger partial charge on any atom is 0.416 e. The van der Waals surface area contributed by atoms with Gasteiger partial charge in [0.15, 0.2) is 0 Å². The molecule has 0 aromatic heterocycles. The Kier molecular flexibility index (Phi) is 4.92. The van der Waals surface area contributed by atoms with Crippen LogP contribution in [0.25, 0.3) is 0 Å². The largest absolute Gasteiger partial charge is 0.416 e. The van der Waals surface area contributed by atoms with Gasteiger partial charge in [-0.3, -0.25) is 0 Å². The van der Waals surface area contributed by atoms with Crippen LogP contribution in [0.1, 0.15) is 30.9 Å². The highest BCUT2D eigenvalue weighted by Gasteiger charge is 2.46. The topological polar surface area (TPSA) is 37.4 Å². The number of likely N-dealkylation sites (tertiary alicyclic amines) is 1. The third-order valence-electron chi connectivity index (χ3n) is 5.44. The average molecular weight is 375 g/mol. The van der Waals surface area contributed by atoms with Gasteiger partial charge < -0.3 is 4.90 Å². The van der Waals surface area contributed by atoms with E-state index in [0.29, 0.717) is 17.4 Å². The fourth-order valence-corrected chi connectivity index (χ4v) is 5.75. The Labute approximate surface area is 147 Å². The van der Waals surface area contributed by atoms with Crippen LogP contribution in [0.5, 0.6) is 0 Å². The van der Waals surface area contributed by atoms with Crippen molar-refractivity contribution in [3.8, 4) is 0 Å². The zero-order valence-corrected chi connectivity index (χ0v) is 15.2. The van der Waals surface area contributed by atoms with Crippen LogP contribution in [0.4, 0.5) is 13.2 Å². The monoisotopic (exact) mass is 375 g/mol. The molecule has 0 amide bonds. The van der Waals surface area contributed by atoms with E-state index in [1.807, 2.05) is 0 Å². The summed E-state index contributed by atoms with van der Waals surface area (Å²) in [5, 5.41) is 0. The second-order valence-electron chi connectivity index (χ2n) is 7.83. The van der Waals surface area contributed by atoms with E-state index in [4.69, 9.17) is 0 Å². The normalized spacial score (nSPS) is 24.0. The van der Waals surface area contributed by atoms with Crippen molar-refractivity contribution in [1.29, 1.82) is 0 Å². The second kappa shape index (κ2) is 6.58. The van der Waals surface area contributed by atoms with Gasteiger partial charge in [0, 0.05) is 19.6 Å². The zero-order chi connectivity index (χ0) is 18.3. The van der Waals surface area contributed by atoms with Crippen molar-refractivity contribution in [1.82, 2.24) is 4.90 Å². The molecule has 0 bridgehead atoms. The Morgan fingerprint density at radius 3 is 2.20 bits per heavy atom. The fraction of sp³-hybridized carbons (Fsp3) is 0.667. The molecule has 1 atom stereocenters. The van der Waals surface area contributed by atoms with Gasteiger partial charge in [-0.15, -0.1) is 0 Å². The third-order valence-corrected chi connectivity index (χ3v) is 7.09. The van der Waals surface area contributed by atoms with E-state index in [-0.39, 0.29) is 5.41 Å². The van der Waals surface area contributed by atoms with E-state index < -0.39 is 21.6 Å². The summed E-state index contributed by atoms with van der Waals surface area (Å²) in [5.74, 6) is 0.964. The first-order valence-corrected chi connectivity index (χ1v) is 10.5. The molecule has 1 spiro atoms. The summed E-state index contributed by atoms with van der Waals surface area (Å²) in [6.45, 7) is 4.89. The van der Waals surface area contributed by atoms with Gasteiger partial charge in [0.05, 0.1) is 17.1 Å². The minimum atomic E-state index is -4.29. The molecule has 0 radical (unpaired) electrons. The summed E-state index contributed by atoms with van der Waals surface area (Å²) in [5.41, 5.74) is 0.486. The van der Waals surface area contributed by atoms with Gasteiger partial charge in [0.2, 0.25) is 0 Å². The molecular weight excluding hydrogens is 351 g/mol. The summed E-state index contributed by atoms with van der Waals surface area (Å²) in [6.07, 6.45) is -2.02. The van der Waals surface area contributed by atoms with Crippen molar-refractivity contribution < 1.29 is 21.6 Å². The predicted molar refractivity (Wildman–Crippen MR) is 91.1 cm³/mol. The van der Waals surface area contributed by atoms with E-state index in [0.717, 1.165) is 56.6 Å². The maximum absolute atomic E-state index is 12.6. The number of hydrogen-bond acceptors (Lipinski definition) is 3. The lowest BCUT2D eigenvalue weighted by Gasteiger charge is -2.53. The molecule has 0 saturated carbocycles. The smallest absolute Gasteiger partial charge is 0.302 e. The number of nitrogens with zero attached hydrogens (tertiary/aromatic N) is 1. The second-order valence-corrected chi connectivity index (χ2v) is 10.1. The van der Waals surface area contributed by atoms with Crippen molar-refractivity contribution in [3.05, 3.63) is 35.4 Å². The summed E-state index contributed by atoms with van der Waals surface area (Å²) < 4.78 is 60.8. The minimum Gasteiger partial charge on any atom is -0.302 e. The van der Waals surface area contributed by atoms with Crippen LogP contribution in [-0.4, -0.2) is 44.5 Å². The van der Waals surface area contributed by atoms with Gasteiger partial charge in [0.1, 0.15) is 9.84 Å². The highest BCUT2D eigenvalue weighted by Crippen LogP contribution is 2.41. The maximum atomic E-state index is 12.6. The predicted octanol–water partition coefficient (Wildman–Crippen LogP) is 3.39. The average Bonchev–Trinajstić information content (AvgIpc) is 2.47. The zero-order valence-electron chi connectivity index (χ0n) is 14.3. The van der Waals surface area contributed by atoms with Crippen molar-refractivity contribution in [2.45, 2.75) is 32.4 Å². The summed E-state index contributed by atoms with van der Waals surface area (Å²) in [4.78, 5) is 2.34. The molecule has 2 fully saturated rings. The third kappa shape index (κ3) is 4.56. The van der Waals surface area contributed by atoms with E-state index in [2.05, 4.69) is 11.8 Å². The van der Waals surface area contributed by atoms with Gasteiger partial charge in [-0.05, 0) is 48.3 Å². The van der Waals surface area contributed by atoms with Crippen molar-refractivity contribution in [2.24, 2.45) is 11.3 Å². The van der Waals surface area contributed by atoms with Crippen molar-refractivity contribution in [3.63, 3.8) is 0 Å². The first-order chi connectivity index (χ1) is 11.6. The van der Waals surface area contributed by atoms with Gasteiger partial charge in [-0.25, -0.2) is 8.42 Å². The molecule has 1 aromatic rings. The molecule has 2 aliphatic heterocycles. The SMILES string of the molecule is C[C@@H](Cc1ccc(C(F)(F)F)cc1)CN1CC2(CCS(=O)(=O)CC2)C1. The molecule has 25 heavy (non-hydrogen) atoms. The molecule has 0 unspecified atom stereocenters. The molecule has 3 nitrogen and oxygen atoms in total. The first kappa shape index (κ1) is 18.7. The molecule has 140 valence electrons. The first-order valence-electron chi connectivity index (χ1n) is 8.66. The number of alkyl halides is 3. The standard InChI is InChI=1S/C18H24F3NO2S/c1-14(10-15-2-4-16(5-3-15)18(19,20)21)11-22-12-17(13-22)6-8-25(23,24)9-7-17/h2-5,14H,6-13H2,1H3/t14-/m0/s1. The molecule has 2 aliphatic rings. The van der Waals surface area contributed by atoms with Crippen LogP contribution in [0.2, 0.25) is 0 Å². The van der Waals surface area contributed by atoms with Crippen molar-refractivity contribution >= 4 is 9.84 Å². The number of hydrogen-bond donors (Lipinski definition) is 0. The Balaban J connectivity index is 1.46. The van der Waals surface area contributed by atoms with Crippen LogP contribution in [-0.2, 0) is 22.4 Å².